The van der Waals surface area contributed by atoms with Crippen molar-refractivity contribution >= 4 is 0 Å². The van der Waals surface area contributed by atoms with E-state index < -0.39 is 0 Å². The molecule has 2 unspecified atom stereocenters. The van der Waals surface area contributed by atoms with Gasteiger partial charge in [0.15, 0.2) is 0 Å². The number of aliphatic hydroxyl groups excluding tert-OH is 2. The average molecular weight is 389 g/mol. The van der Waals surface area contributed by atoms with Gasteiger partial charge in [0, 0.05) is 49.5 Å². The number of benzene rings is 2. The molecule has 28 heavy (non-hydrogen) atoms. The zero-order chi connectivity index (χ0) is 20.5. The van der Waals surface area contributed by atoms with Gasteiger partial charge in [0.2, 0.25) is 0 Å². The van der Waals surface area contributed by atoms with E-state index in [4.69, 9.17) is 0 Å². The number of aromatic hydroxyl groups is 2. The molecule has 6 heteroatoms. The molecule has 0 saturated heterocycles. The zero-order valence-corrected chi connectivity index (χ0v) is 16.7. The van der Waals surface area contributed by atoms with E-state index in [-0.39, 0.29) is 36.8 Å². The predicted octanol–water partition coefficient (Wildman–Crippen LogP) is 2.16. The van der Waals surface area contributed by atoms with Crippen LogP contribution >= 0.6 is 0 Å². The van der Waals surface area contributed by atoms with Crippen LogP contribution < -0.4 is 0 Å². The van der Waals surface area contributed by atoms with Crippen molar-refractivity contribution < 1.29 is 20.4 Å². The number of nitrogens with zero attached hydrogens (tertiary/aromatic N) is 2. The maximum Gasteiger partial charge on any atom is 0.120 e. The number of para-hydroxylation sites is 2. The van der Waals surface area contributed by atoms with Crippen molar-refractivity contribution in [3.05, 3.63) is 59.7 Å². The number of aliphatic hydroxyl groups is 2. The molecule has 0 saturated carbocycles. The molecular formula is C22H32N2O4. The second-order valence-electron chi connectivity index (χ2n) is 7.25. The maximum absolute atomic E-state index is 10.1. The van der Waals surface area contributed by atoms with E-state index in [0.717, 1.165) is 11.1 Å². The van der Waals surface area contributed by atoms with Crippen molar-refractivity contribution in [2.45, 2.75) is 38.0 Å². The first-order valence-corrected chi connectivity index (χ1v) is 9.63. The summed E-state index contributed by atoms with van der Waals surface area (Å²) in [5.74, 6) is 0.497. The van der Waals surface area contributed by atoms with Gasteiger partial charge in [0.1, 0.15) is 11.5 Å². The molecule has 0 aliphatic rings. The number of rotatable bonds is 11. The van der Waals surface area contributed by atoms with Crippen molar-refractivity contribution in [2.24, 2.45) is 0 Å². The highest BCUT2D eigenvalue weighted by molar-refractivity contribution is 5.32. The number of hydrogen-bond acceptors (Lipinski definition) is 6. The van der Waals surface area contributed by atoms with E-state index in [2.05, 4.69) is 9.80 Å². The molecule has 0 spiro atoms. The van der Waals surface area contributed by atoms with E-state index in [0.29, 0.717) is 25.9 Å². The molecule has 6 nitrogen and oxygen atoms in total. The van der Waals surface area contributed by atoms with Crippen LogP contribution in [0.1, 0.15) is 24.0 Å². The first-order valence-electron chi connectivity index (χ1n) is 9.63. The van der Waals surface area contributed by atoms with Crippen LogP contribution in [0.2, 0.25) is 0 Å². The van der Waals surface area contributed by atoms with Gasteiger partial charge in [-0.2, -0.15) is 0 Å². The Morgan fingerprint density at radius 1 is 0.679 bits per heavy atom. The van der Waals surface area contributed by atoms with E-state index in [9.17, 15) is 20.4 Å². The Hall–Kier alpha value is -2.12. The monoisotopic (exact) mass is 388 g/mol. The van der Waals surface area contributed by atoms with Gasteiger partial charge >= 0.3 is 0 Å². The quantitative estimate of drug-likeness (QED) is 0.472. The molecule has 2 aromatic carbocycles. The number of hydrogen-bond donors (Lipinski definition) is 4. The normalized spacial score (nSPS) is 13.8. The first kappa shape index (κ1) is 22.2. The van der Waals surface area contributed by atoms with Crippen molar-refractivity contribution in [3.63, 3.8) is 0 Å². The van der Waals surface area contributed by atoms with Crippen molar-refractivity contribution in [1.29, 1.82) is 0 Å². The fourth-order valence-electron chi connectivity index (χ4n) is 3.74. The second kappa shape index (κ2) is 11.0. The summed E-state index contributed by atoms with van der Waals surface area (Å²) in [4.78, 5) is 4.21. The zero-order valence-electron chi connectivity index (χ0n) is 16.7. The molecule has 0 heterocycles. The molecule has 2 atom stereocenters. The molecule has 2 rings (SSSR count). The lowest BCUT2D eigenvalue weighted by atomic mass is 9.97. The van der Waals surface area contributed by atoms with Crippen LogP contribution in [-0.2, 0) is 13.1 Å². The lowest BCUT2D eigenvalue weighted by Gasteiger charge is -2.39. The molecular weight excluding hydrogens is 356 g/mol. The smallest absolute Gasteiger partial charge is 0.120 e. The third kappa shape index (κ3) is 5.94. The van der Waals surface area contributed by atoms with Gasteiger partial charge < -0.3 is 20.4 Å². The minimum atomic E-state index is -0.0346. The Labute approximate surface area is 167 Å². The third-order valence-electron chi connectivity index (χ3n) is 5.25. The summed E-state index contributed by atoms with van der Waals surface area (Å²) in [5, 5.41) is 39.5. The standard InChI is InChI=1S/C22H32N2O4/c1-23(15-17-7-3-5-9-21(17)27)19(11-13-25)20(12-14-26)24(2)16-18-8-4-6-10-22(18)28/h3-10,19-20,25-28H,11-16H2,1-2H3. The summed E-state index contributed by atoms with van der Waals surface area (Å²) < 4.78 is 0. The minimum absolute atomic E-state index is 0.0299. The molecule has 0 aromatic heterocycles. The minimum Gasteiger partial charge on any atom is -0.508 e. The largest absolute Gasteiger partial charge is 0.508 e. The fourth-order valence-corrected chi connectivity index (χ4v) is 3.74. The average Bonchev–Trinajstić information content (AvgIpc) is 2.68. The van der Waals surface area contributed by atoms with Crippen LogP contribution in [0.4, 0.5) is 0 Å². The fraction of sp³-hybridized carbons (Fsp3) is 0.455. The Kier molecular flexibility index (Phi) is 8.73. The molecule has 0 amide bonds. The highest BCUT2D eigenvalue weighted by atomic mass is 16.3. The Morgan fingerprint density at radius 2 is 1.04 bits per heavy atom. The second-order valence-corrected chi connectivity index (χ2v) is 7.25. The van der Waals surface area contributed by atoms with Crippen LogP contribution in [0, 0.1) is 0 Å². The van der Waals surface area contributed by atoms with Crippen molar-refractivity contribution in [2.75, 3.05) is 27.3 Å². The van der Waals surface area contributed by atoms with Crippen molar-refractivity contribution in [1.82, 2.24) is 9.80 Å². The third-order valence-corrected chi connectivity index (χ3v) is 5.25. The molecule has 0 aliphatic carbocycles. The Balaban J connectivity index is 2.19. The SMILES string of the molecule is CN(Cc1ccccc1O)C(CCO)C(CCO)N(C)Cc1ccccc1O. The number of likely N-dealkylation sites (N-methyl/N-ethyl adjacent to an activating group) is 2. The first-order chi connectivity index (χ1) is 13.5. The van der Waals surface area contributed by atoms with Gasteiger partial charge in [-0.05, 0) is 39.1 Å². The number of phenolic OH excluding ortho intramolecular Hbond substituents is 2. The maximum atomic E-state index is 10.1. The van der Waals surface area contributed by atoms with E-state index in [1.54, 1.807) is 24.3 Å². The number of phenols is 2. The van der Waals surface area contributed by atoms with Crippen LogP contribution in [0.25, 0.3) is 0 Å². The Bertz CT molecular complexity index is 664. The summed E-state index contributed by atoms with van der Waals surface area (Å²) in [7, 11) is 3.93. The van der Waals surface area contributed by atoms with Gasteiger partial charge in [0.25, 0.3) is 0 Å². The topological polar surface area (TPSA) is 87.4 Å². The predicted molar refractivity (Wildman–Crippen MR) is 110 cm³/mol. The van der Waals surface area contributed by atoms with Crippen LogP contribution in [0.15, 0.2) is 48.5 Å². The summed E-state index contributed by atoms with van der Waals surface area (Å²) in [6.07, 6.45) is 1.08. The van der Waals surface area contributed by atoms with Gasteiger partial charge in [0.05, 0.1) is 0 Å². The van der Waals surface area contributed by atoms with E-state index in [1.165, 1.54) is 0 Å². The van der Waals surface area contributed by atoms with Crippen LogP contribution in [0.5, 0.6) is 11.5 Å². The molecule has 0 radical (unpaired) electrons. The summed E-state index contributed by atoms with van der Waals surface area (Å²) in [5.41, 5.74) is 1.64. The highest BCUT2D eigenvalue weighted by Crippen LogP contribution is 2.24. The molecule has 0 bridgehead atoms. The summed E-state index contributed by atoms with van der Waals surface area (Å²) in [6.45, 7) is 1.12. The van der Waals surface area contributed by atoms with Gasteiger partial charge in [-0.15, -0.1) is 0 Å². The van der Waals surface area contributed by atoms with E-state index in [1.807, 2.05) is 38.4 Å². The van der Waals surface area contributed by atoms with Crippen LogP contribution in [-0.4, -0.2) is 69.6 Å². The molecule has 2 aromatic rings. The summed E-state index contributed by atoms with van der Waals surface area (Å²) in [6, 6.07) is 14.4. The Morgan fingerprint density at radius 3 is 1.36 bits per heavy atom. The van der Waals surface area contributed by atoms with E-state index >= 15 is 0 Å². The van der Waals surface area contributed by atoms with Gasteiger partial charge in [-0.25, -0.2) is 0 Å². The molecule has 0 aliphatic heterocycles. The highest BCUT2D eigenvalue weighted by Gasteiger charge is 2.28. The molecule has 154 valence electrons. The van der Waals surface area contributed by atoms with Gasteiger partial charge in [-0.1, -0.05) is 36.4 Å². The lowest BCUT2D eigenvalue weighted by molar-refractivity contribution is 0.0649. The summed E-state index contributed by atoms with van der Waals surface area (Å²) >= 11 is 0. The van der Waals surface area contributed by atoms with Crippen LogP contribution in [0.3, 0.4) is 0 Å². The molecule has 0 fully saturated rings. The van der Waals surface area contributed by atoms with Crippen molar-refractivity contribution in [3.8, 4) is 11.5 Å². The van der Waals surface area contributed by atoms with Gasteiger partial charge in [-0.3, -0.25) is 9.80 Å². The molecule has 4 N–H and O–H groups in total. The lowest BCUT2D eigenvalue weighted by Crippen LogP contribution is -2.49.